The van der Waals surface area contributed by atoms with Crippen LogP contribution in [-0.2, 0) is 5.48 Å². The molecule has 0 fully saturated rings. The van der Waals surface area contributed by atoms with Gasteiger partial charge in [-0.15, -0.1) is 0 Å². The first-order chi connectivity index (χ1) is 2.00. The minimum absolute atomic E-state index is 0. The molecule has 0 saturated heterocycles. The van der Waals surface area contributed by atoms with Crippen LogP contribution in [0.5, 0.6) is 0 Å². The Bertz CT molecular complexity index is 27.9. The molecule has 0 bridgehead atoms. The smallest absolute Gasteiger partial charge is 0.426 e. The third kappa shape index (κ3) is 815. The summed E-state index contributed by atoms with van der Waals surface area (Å²) in [5.74, 6) is 0. The number of rotatable bonds is 0. The number of halogens is 1. The molecule has 0 heterocycles. The van der Waals surface area contributed by atoms with Crippen molar-refractivity contribution in [1.82, 2.24) is 0 Å². The molecule has 0 aromatic heterocycles. The third-order valence-electron chi connectivity index (χ3n) is 0. The van der Waals surface area contributed by atoms with Gasteiger partial charge in [0.05, 0.1) is 0 Å². The maximum Gasteiger partial charge on any atom is -0.426 e. The fourth-order valence-electron chi connectivity index (χ4n) is 0. The summed E-state index contributed by atoms with van der Waals surface area (Å²) in [6.45, 7) is 0. The van der Waals surface area contributed by atoms with Crippen molar-refractivity contribution in [2.45, 2.75) is 0 Å². The Morgan fingerprint density at radius 1 is 0.875 bits per heavy atom. The van der Waals surface area contributed by atoms with Gasteiger partial charge < -0.3 is 33.7 Å². The molecule has 0 amide bonds. The van der Waals surface area contributed by atoms with Crippen molar-refractivity contribution in [3.8, 4) is 0 Å². The maximum atomic E-state index is 8.58. The molecule has 4 N–H and O–H groups in total. The Hall–Kier alpha value is 0.490. The van der Waals surface area contributed by atoms with Gasteiger partial charge in [0.15, 0.2) is 0 Å². The number of hydrogen-bond acceptors (Lipinski definition) is 4. The molecule has 0 aliphatic heterocycles. The van der Waals surface area contributed by atoms with E-state index >= 15 is 0 Å². The largest absolute Gasteiger partial charge is 0.894 e. The Labute approximate surface area is 56.7 Å². The van der Waals surface area contributed by atoms with Crippen LogP contribution >= 0.6 is 0 Å². The molecule has 51 valence electrons. The summed E-state index contributed by atoms with van der Waals surface area (Å²) >= 11 is 0. The molecular formula is H6FGeO5Si. The van der Waals surface area contributed by atoms with Gasteiger partial charge in [0.2, 0.25) is 0 Å². The van der Waals surface area contributed by atoms with Crippen LogP contribution in [0, 0.1) is 0 Å². The summed E-state index contributed by atoms with van der Waals surface area (Å²) in [5, 5.41) is 0. The first-order valence-corrected chi connectivity index (χ1v) is 2.45. The molecular weight excluding hydrogens is 200 g/mol. The molecule has 0 rings (SSSR count). The molecule has 5 nitrogen and oxygen atoms in total. The molecule has 0 atom stereocenters. The van der Waals surface area contributed by atoms with Gasteiger partial charge in [0.25, 0.3) is 0 Å². The summed E-state index contributed by atoms with van der Waals surface area (Å²) in [6, 6.07) is 0. The van der Waals surface area contributed by atoms with Gasteiger partial charge in [0, 0.05) is 4.70 Å². The van der Waals surface area contributed by atoms with Gasteiger partial charge in [0.1, 0.15) is 0 Å². The average molecular weight is 206 g/mol. The van der Waals surface area contributed by atoms with Crippen LogP contribution in [0.2, 0.25) is 0 Å². The summed E-state index contributed by atoms with van der Waals surface area (Å²) in [6.07, 6.45) is 0. The zero-order valence-corrected chi connectivity index (χ0v) is 7.89. The van der Waals surface area contributed by atoms with E-state index in [2.05, 4.69) is 0 Å². The number of hydrogen-bond donors (Lipinski definition) is 0. The molecule has 0 unspecified atom stereocenters. The van der Waals surface area contributed by atoms with E-state index in [4.69, 9.17) is 19.2 Å². The SMILES string of the molecule is [F].[GeH2+2].[O-][Si]([O-])([O-])[O-].[OH4+2]. The molecule has 0 spiro atoms. The topological polar surface area (TPSA) is 127 Å². The van der Waals surface area contributed by atoms with Gasteiger partial charge in [-0.25, -0.2) is 0 Å². The van der Waals surface area contributed by atoms with E-state index in [1.165, 1.54) is 0 Å². The predicted molar refractivity (Wildman–Crippen MR) is 21.7 cm³/mol. The molecule has 0 saturated carbocycles. The van der Waals surface area contributed by atoms with E-state index in [0.717, 1.165) is 0 Å². The summed E-state index contributed by atoms with van der Waals surface area (Å²) in [7, 11) is -5.61. The Morgan fingerprint density at radius 3 is 0.875 bits per heavy atom. The molecule has 0 aliphatic carbocycles. The summed E-state index contributed by atoms with van der Waals surface area (Å²) in [5.41, 5.74) is 0. The molecule has 0 aromatic carbocycles. The predicted octanol–water partition coefficient (Wildman–Crippen LogP) is -6.82. The minimum atomic E-state index is -5.61. The van der Waals surface area contributed by atoms with Crippen LogP contribution in [0.3, 0.4) is 0 Å². The van der Waals surface area contributed by atoms with E-state index in [9.17, 15) is 0 Å². The van der Waals surface area contributed by atoms with Crippen molar-refractivity contribution in [3.05, 3.63) is 0 Å². The van der Waals surface area contributed by atoms with Crippen molar-refractivity contribution >= 4 is 26.6 Å². The molecule has 0 aromatic rings. The molecule has 1 radical (unpaired) electrons. The third-order valence-corrected chi connectivity index (χ3v) is 0. The first kappa shape index (κ1) is 23.6. The molecule has 8 heavy (non-hydrogen) atoms. The van der Waals surface area contributed by atoms with Gasteiger partial charge in [-0.3, -0.25) is 0 Å². The maximum absolute atomic E-state index is 8.58. The zero-order chi connectivity index (χ0) is 4.50. The summed E-state index contributed by atoms with van der Waals surface area (Å²) in [4.78, 5) is 34.3. The average Bonchev–Trinajstić information content (AvgIpc) is 0.722. The monoisotopic (exact) mass is 207 g/mol. The van der Waals surface area contributed by atoms with Crippen LogP contribution in [0.1, 0.15) is 0 Å². The Kier molecular flexibility index (Phi) is 22.1. The van der Waals surface area contributed by atoms with Crippen molar-refractivity contribution in [1.29, 1.82) is 0 Å². The quantitative estimate of drug-likeness (QED) is 0.364. The first-order valence-electron chi connectivity index (χ1n) is 0.816. The van der Waals surface area contributed by atoms with E-state index in [1.54, 1.807) is 0 Å². The van der Waals surface area contributed by atoms with Gasteiger partial charge >= 0.3 is 17.6 Å². The van der Waals surface area contributed by atoms with Crippen molar-refractivity contribution in [2.75, 3.05) is 0 Å². The van der Waals surface area contributed by atoms with Crippen LogP contribution < -0.4 is 19.2 Å². The zero-order valence-electron chi connectivity index (χ0n) is 3.93. The van der Waals surface area contributed by atoms with E-state index in [0.29, 0.717) is 0 Å². The van der Waals surface area contributed by atoms with Crippen LogP contribution in [0.15, 0.2) is 0 Å². The minimum Gasteiger partial charge on any atom is -0.894 e. The second-order valence-electron chi connectivity index (χ2n) is 0.500. The van der Waals surface area contributed by atoms with Crippen molar-refractivity contribution in [2.24, 2.45) is 0 Å². The fraction of sp³-hybridized carbons (Fsp3) is 0. The van der Waals surface area contributed by atoms with Crippen LogP contribution in [0.25, 0.3) is 0 Å². The standard InChI is InChI=1S/F.GeH2.O4Si.H4O/c;;1-5(2,3)4;/h;1H2;;1H4/q;+2;-4;+2. The van der Waals surface area contributed by atoms with Crippen LogP contribution in [-0.4, -0.2) is 26.6 Å². The molecule has 0 aliphatic rings. The second kappa shape index (κ2) is 7.49. The second-order valence-corrected chi connectivity index (χ2v) is 1.50. The molecule has 8 heteroatoms. The summed E-state index contributed by atoms with van der Waals surface area (Å²) < 4.78 is 0. The Morgan fingerprint density at radius 2 is 0.875 bits per heavy atom. The Balaban J connectivity index is -0.0000000267. The van der Waals surface area contributed by atoms with Gasteiger partial charge in [-0.2, -0.15) is 0 Å². The van der Waals surface area contributed by atoms with Gasteiger partial charge in [-0.1, -0.05) is 0 Å². The normalized spacial score (nSPS) is 7.50. The van der Waals surface area contributed by atoms with Crippen LogP contribution in [0.4, 0.5) is 4.70 Å². The van der Waals surface area contributed by atoms with E-state index < -0.39 is 9.05 Å². The van der Waals surface area contributed by atoms with E-state index in [-0.39, 0.29) is 27.8 Å². The van der Waals surface area contributed by atoms with Gasteiger partial charge in [-0.05, 0) is 0 Å². The van der Waals surface area contributed by atoms with E-state index in [1.807, 2.05) is 0 Å². The fourth-order valence-corrected chi connectivity index (χ4v) is 0. The van der Waals surface area contributed by atoms with Crippen molar-refractivity contribution < 1.29 is 29.4 Å². The van der Waals surface area contributed by atoms with Crippen molar-refractivity contribution in [3.63, 3.8) is 0 Å².